The molecule has 1 atom stereocenters. The Bertz CT molecular complexity index is 364. The predicted octanol–water partition coefficient (Wildman–Crippen LogP) is 1.30. The lowest BCUT2D eigenvalue weighted by Crippen LogP contribution is -2.48. The number of piperidine rings is 1. The first kappa shape index (κ1) is 12.0. The standard InChI is InChI=1S/C13H19N3O/c1-2-14-11-6-5-9-16(10-11)13(17)12-7-3-4-8-15-12/h3-4,7-8,11,14H,2,5-6,9-10H2,1H3. The highest BCUT2D eigenvalue weighted by molar-refractivity contribution is 5.92. The average molecular weight is 233 g/mol. The Balaban J connectivity index is 2.00. The van der Waals surface area contributed by atoms with Crippen LogP contribution in [-0.2, 0) is 0 Å². The van der Waals surface area contributed by atoms with E-state index in [-0.39, 0.29) is 5.91 Å². The number of carbonyl (C=O) groups is 1. The van der Waals surface area contributed by atoms with Gasteiger partial charge in [-0.3, -0.25) is 9.78 Å². The van der Waals surface area contributed by atoms with Crippen LogP contribution in [0.15, 0.2) is 24.4 Å². The lowest BCUT2D eigenvalue weighted by atomic mass is 10.1. The first-order chi connectivity index (χ1) is 8.31. The zero-order valence-electron chi connectivity index (χ0n) is 10.2. The number of amides is 1. The van der Waals surface area contributed by atoms with Crippen LogP contribution in [0.3, 0.4) is 0 Å². The summed E-state index contributed by atoms with van der Waals surface area (Å²) >= 11 is 0. The number of hydrogen-bond donors (Lipinski definition) is 1. The van der Waals surface area contributed by atoms with Crippen molar-refractivity contribution in [3.8, 4) is 0 Å². The van der Waals surface area contributed by atoms with Gasteiger partial charge in [-0.05, 0) is 31.5 Å². The Morgan fingerprint density at radius 2 is 2.47 bits per heavy atom. The molecule has 0 aliphatic carbocycles. The molecule has 0 spiro atoms. The predicted molar refractivity (Wildman–Crippen MR) is 66.8 cm³/mol. The van der Waals surface area contributed by atoms with Gasteiger partial charge < -0.3 is 10.2 Å². The molecule has 0 aromatic carbocycles. The first-order valence-corrected chi connectivity index (χ1v) is 6.25. The molecular weight excluding hydrogens is 214 g/mol. The van der Waals surface area contributed by atoms with Crippen LogP contribution in [0.2, 0.25) is 0 Å². The molecule has 1 amide bonds. The largest absolute Gasteiger partial charge is 0.336 e. The maximum absolute atomic E-state index is 12.2. The molecule has 17 heavy (non-hydrogen) atoms. The van der Waals surface area contributed by atoms with Crippen molar-refractivity contribution in [2.75, 3.05) is 19.6 Å². The molecule has 1 aliphatic heterocycles. The van der Waals surface area contributed by atoms with Crippen LogP contribution in [0, 0.1) is 0 Å². The highest BCUT2D eigenvalue weighted by atomic mass is 16.2. The van der Waals surface area contributed by atoms with E-state index in [2.05, 4.69) is 17.2 Å². The fraction of sp³-hybridized carbons (Fsp3) is 0.538. The molecule has 1 aliphatic rings. The maximum Gasteiger partial charge on any atom is 0.272 e. The highest BCUT2D eigenvalue weighted by Gasteiger charge is 2.24. The third-order valence-corrected chi connectivity index (χ3v) is 3.09. The Labute approximate surface area is 102 Å². The third-order valence-electron chi connectivity index (χ3n) is 3.09. The van der Waals surface area contributed by atoms with Crippen LogP contribution in [0.1, 0.15) is 30.3 Å². The molecule has 4 heteroatoms. The quantitative estimate of drug-likeness (QED) is 0.855. The second-order valence-electron chi connectivity index (χ2n) is 4.36. The van der Waals surface area contributed by atoms with Gasteiger partial charge in [-0.1, -0.05) is 13.0 Å². The first-order valence-electron chi connectivity index (χ1n) is 6.25. The molecule has 2 rings (SSSR count). The van der Waals surface area contributed by atoms with E-state index in [1.54, 1.807) is 12.3 Å². The summed E-state index contributed by atoms with van der Waals surface area (Å²) in [5.41, 5.74) is 0.546. The molecule has 1 unspecified atom stereocenters. The summed E-state index contributed by atoms with van der Waals surface area (Å²) in [6.45, 7) is 4.69. The molecule has 1 fully saturated rings. The van der Waals surface area contributed by atoms with Crippen molar-refractivity contribution in [1.29, 1.82) is 0 Å². The normalized spacial score (nSPS) is 20.3. The Hall–Kier alpha value is -1.42. The van der Waals surface area contributed by atoms with E-state index in [9.17, 15) is 4.79 Å². The Morgan fingerprint density at radius 3 is 3.18 bits per heavy atom. The maximum atomic E-state index is 12.2. The molecule has 1 aromatic heterocycles. The second-order valence-corrected chi connectivity index (χ2v) is 4.36. The number of hydrogen-bond acceptors (Lipinski definition) is 3. The van der Waals surface area contributed by atoms with Gasteiger partial charge in [0.2, 0.25) is 0 Å². The van der Waals surface area contributed by atoms with Crippen molar-refractivity contribution >= 4 is 5.91 Å². The molecule has 0 saturated carbocycles. The highest BCUT2D eigenvalue weighted by Crippen LogP contribution is 2.12. The number of pyridine rings is 1. The molecule has 0 radical (unpaired) electrons. The van der Waals surface area contributed by atoms with Gasteiger partial charge in [0.1, 0.15) is 5.69 Å². The Kier molecular flexibility index (Phi) is 4.09. The van der Waals surface area contributed by atoms with Gasteiger partial charge in [0, 0.05) is 25.3 Å². The van der Waals surface area contributed by atoms with Crippen LogP contribution in [-0.4, -0.2) is 41.5 Å². The number of likely N-dealkylation sites (N-methyl/N-ethyl adjacent to an activating group) is 1. The van der Waals surface area contributed by atoms with Crippen LogP contribution < -0.4 is 5.32 Å². The van der Waals surface area contributed by atoms with Gasteiger partial charge in [-0.2, -0.15) is 0 Å². The van der Waals surface area contributed by atoms with Crippen LogP contribution in [0.5, 0.6) is 0 Å². The summed E-state index contributed by atoms with van der Waals surface area (Å²) in [5, 5.41) is 3.41. The van der Waals surface area contributed by atoms with Crippen molar-refractivity contribution in [3.05, 3.63) is 30.1 Å². The summed E-state index contributed by atoms with van der Waals surface area (Å²) in [7, 11) is 0. The molecule has 1 N–H and O–H groups in total. The number of likely N-dealkylation sites (tertiary alicyclic amines) is 1. The SMILES string of the molecule is CCNC1CCCN(C(=O)c2ccccn2)C1. The van der Waals surface area contributed by atoms with Gasteiger partial charge in [0.15, 0.2) is 0 Å². The fourth-order valence-corrected chi connectivity index (χ4v) is 2.27. The number of nitrogens with one attached hydrogen (secondary N) is 1. The van der Waals surface area contributed by atoms with E-state index in [0.29, 0.717) is 11.7 Å². The van der Waals surface area contributed by atoms with E-state index >= 15 is 0 Å². The van der Waals surface area contributed by atoms with Gasteiger partial charge in [0.25, 0.3) is 5.91 Å². The summed E-state index contributed by atoms with van der Waals surface area (Å²) < 4.78 is 0. The monoisotopic (exact) mass is 233 g/mol. The van der Waals surface area contributed by atoms with Crippen LogP contribution in [0.4, 0.5) is 0 Å². The van der Waals surface area contributed by atoms with E-state index in [1.165, 1.54) is 0 Å². The summed E-state index contributed by atoms with van der Waals surface area (Å²) in [6.07, 6.45) is 3.88. The topological polar surface area (TPSA) is 45.2 Å². The van der Waals surface area contributed by atoms with Crippen molar-refractivity contribution < 1.29 is 4.79 Å². The van der Waals surface area contributed by atoms with E-state index in [4.69, 9.17) is 0 Å². The summed E-state index contributed by atoms with van der Waals surface area (Å²) in [4.78, 5) is 18.2. The average Bonchev–Trinajstić information content (AvgIpc) is 2.40. The summed E-state index contributed by atoms with van der Waals surface area (Å²) in [6, 6.07) is 5.89. The number of aromatic nitrogens is 1. The van der Waals surface area contributed by atoms with Gasteiger partial charge in [0.05, 0.1) is 0 Å². The number of nitrogens with zero attached hydrogens (tertiary/aromatic N) is 2. The second kappa shape index (κ2) is 5.77. The minimum Gasteiger partial charge on any atom is -0.336 e. The minimum atomic E-state index is 0.0493. The number of rotatable bonds is 3. The molecule has 2 heterocycles. The van der Waals surface area contributed by atoms with Gasteiger partial charge in [-0.25, -0.2) is 0 Å². The van der Waals surface area contributed by atoms with Gasteiger partial charge in [-0.15, -0.1) is 0 Å². The zero-order chi connectivity index (χ0) is 12.1. The molecule has 1 saturated heterocycles. The Morgan fingerprint density at radius 1 is 1.59 bits per heavy atom. The van der Waals surface area contributed by atoms with E-state index in [1.807, 2.05) is 17.0 Å². The third kappa shape index (κ3) is 3.03. The molecule has 4 nitrogen and oxygen atoms in total. The van der Waals surface area contributed by atoms with E-state index < -0.39 is 0 Å². The van der Waals surface area contributed by atoms with Crippen molar-refractivity contribution in [1.82, 2.24) is 15.2 Å². The van der Waals surface area contributed by atoms with E-state index in [0.717, 1.165) is 32.5 Å². The molecule has 0 bridgehead atoms. The molecule has 92 valence electrons. The lowest BCUT2D eigenvalue weighted by molar-refractivity contribution is 0.0690. The lowest BCUT2D eigenvalue weighted by Gasteiger charge is -2.32. The van der Waals surface area contributed by atoms with Crippen LogP contribution >= 0.6 is 0 Å². The smallest absolute Gasteiger partial charge is 0.272 e. The summed E-state index contributed by atoms with van der Waals surface area (Å²) in [5.74, 6) is 0.0493. The van der Waals surface area contributed by atoms with Crippen molar-refractivity contribution in [2.45, 2.75) is 25.8 Å². The fourth-order valence-electron chi connectivity index (χ4n) is 2.27. The molecular formula is C13H19N3O. The van der Waals surface area contributed by atoms with Crippen LogP contribution in [0.25, 0.3) is 0 Å². The number of carbonyl (C=O) groups excluding carboxylic acids is 1. The minimum absolute atomic E-state index is 0.0493. The molecule has 1 aromatic rings. The zero-order valence-corrected chi connectivity index (χ0v) is 10.2. The van der Waals surface area contributed by atoms with Crippen molar-refractivity contribution in [3.63, 3.8) is 0 Å². The van der Waals surface area contributed by atoms with Crippen molar-refractivity contribution in [2.24, 2.45) is 0 Å². The van der Waals surface area contributed by atoms with Gasteiger partial charge >= 0.3 is 0 Å².